The molecule has 168 valence electrons. The number of carbonyl (C=O) groups excluding carboxylic acids is 1. The zero-order chi connectivity index (χ0) is 23.5. The molecule has 0 unspecified atom stereocenters. The second-order valence-electron chi connectivity index (χ2n) is 6.47. The minimum absolute atomic E-state index is 0.0549. The fraction of sp³-hybridized carbons (Fsp3) is 0.143. The van der Waals surface area contributed by atoms with E-state index in [1.54, 1.807) is 6.07 Å². The highest BCUT2D eigenvalue weighted by Gasteiger charge is 2.31. The highest BCUT2D eigenvalue weighted by Crippen LogP contribution is 2.36. The number of hydrogen-bond donors (Lipinski definition) is 1. The quantitative estimate of drug-likeness (QED) is 0.429. The van der Waals surface area contributed by atoms with Crippen LogP contribution >= 0.6 is 23.2 Å². The van der Waals surface area contributed by atoms with Crippen molar-refractivity contribution in [1.29, 1.82) is 0 Å². The van der Waals surface area contributed by atoms with Crippen molar-refractivity contribution in [2.45, 2.75) is 6.18 Å². The first-order valence-corrected chi connectivity index (χ1v) is 9.67. The van der Waals surface area contributed by atoms with Gasteiger partial charge >= 0.3 is 12.1 Å². The molecule has 0 saturated heterocycles. The van der Waals surface area contributed by atoms with Crippen molar-refractivity contribution >= 4 is 51.5 Å². The van der Waals surface area contributed by atoms with Gasteiger partial charge in [-0.05, 0) is 41.8 Å². The van der Waals surface area contributed by atoms with Gasteiger partial charge in [-0.1, -0.05) is 41.4 Å². The molecular weight excluding hydrogens is 474 g/mol. The van der Waals surface area contributed by atoms with Crippen molar-refractivity contribution < 1.29 is 37.4 Å². The van der Waals surface area contributed by atoms with Gasteiger partial charge in [0.1, 0.15) is 5.75 Å². The van der Waals surface area contributed by atoms with Gasteiger partial charge in [0.05, 0.1) is 16.3 Å². The van der Waals surface area contributed by atoms with Crippen LogP contribution in [0.15, 0.2) is 54.6 Å². The van der Waals surface area contributed by atoms with E-state index in [4.69, 9.17) is 27.9 Å². The van der Waals surface area contributed by atoms with Crippen LogP contribution in [0.1, 0.15) is 10.4 Å². The van der Waals surface area contributed by atoms with Gasteiger partial charge in [0.2, 0.25) is 0 Å². The smallest absolute Gasteiger partial charge is 0.414 e. The molecule has 6 nitrogen and oxygen atoms in total. The lowest BCUT2D eigenvalue weighted by molar-refractivity contribution is -0.179. The van der Waals surface area contributed by atoms with E-state index in [1.807, 2.05) is 0 Å². The Morgan fingerprint density at radius 2 is 1.72 bits per heavy atom. The van der Waals surface area contributed by atoms with Gasteiger partial charge in [-0.15, -0.1) is 0 Å². The first-order chi connectivity index (χ1) is 15.0. The Hall–Kier alpha value is -3.01. The number of rotatable bonds is 7. The number of hydroxylamine groups is 1. The zero-order valence-corrected chi connectivity index (χ0v) is 17.5. The van der Waals surface area contributed by atoms with Crippen LogP contribution in [0.4, 0.5) is 18.9 Å². The molecule has 0 aliphatic rings. The number of anilines is 1. The van der Waals surface area contributed by atoms with Crippen molar-refractivity contribution in [1.82, 2.24) is 0 Å². The lowest BCUT2D eigenvalue weighted by Crippen LogP contribution is -2.38. The van der Waals surface area contributed by atoms with Crippen LogP contribution in [0.2, 0.25) is 10.0 Å². The third-order valence-corrected chi connectivity index (χ3v) is 4.62. The molecule has 0 heterocycles. The third-order valence-electron chi connectivity index (χ3n) is 4.10. The Labute approximate surface area is 189 Å². The highest BCUT2D eigenvalue weighted by molar-refractivity contribution is 6.39. The monoisotopic (exact) mass is 487 g/mol. The predicted molar refractivity (Wildman–Crippen MR) is 112 cm³/mol. The largest absolute Gasteiger partial charge is 0.483 e. The summed E-state index contributed by atoms with van der Waals surface area (Å²) < 4.78 is 43.4. The first-order valence-electron chi connectivity index (χ1n) is 8.92. The van der Waals surface area contributed by atoms with Crippen LogP contribution in [0.25, 0.3) is 10.8 Å². The molecule has 0 radical (unpaired) electrons. The Kier molecular flexibility index (Phi) is 7.12. The summed E-state index contributed by atoms with van der Waals surface area (Å²) >= 11 is 12.2. The number of nitrogens with zero attached hydrogens (tertiary/aromatic N) is 1. The van der Waals surface area contributed by atoms with Gasteiger partial charge in [0.25, 0.3) is 5.91 Å². The first kappa shape index (κ1) is 23.6. The molecule has 0 aromatic heterocycles. The molecule has 3 aromatic carbocycles. The Bertz CT molecular complexity index is 1160. The van der Waals surface area contributed by atoms with Gasteiger partial charge in [0.15, 0.2) is 13.2 Å². The lowest BCUT2D eigenvalue weighted by atomic mass is 10.1. The molecule has 3 rings (SSSR count). The topological polar surface area (TPSA) is 76.1 Å². The molecule has 0 aliphatic heterocycles. The molecule has 1 N–H and O–H groups in total. The highest BCUT2D eigenvalue weighted by atomic mass is 35.5. The molecule has 32 heavy (non-hydrogen) atoms. The maximum Gasteiger partial charge on any atom is 0.414 e. The van der Waals surface area contributed by atoms with Gasteiger partial charge in [0, 0.05) is 10.4 Å². The lowest BCUT2D eigenvalue weighted by Gasteiger charge is -2.23. The number of alkyl halides is 3. The number of halogens is 5. The predicted octanol–water partition coefficient (Wildman–Crippen LogP) is 5.75. The molecule has 1 amide bonds. The average Bonchev–Trinajstić information content (AvgIpc) is 2.71. The molecule has 0 spiro atoms. The number of para-hydroxylation sites is 1. The number of carboxylic acids is 1. The van der Waals surface area contributed by atoms with E-state index in [1.165, 1.54) is 42.5 Å². The molecule has 0 fully saturated rings. The molecule has 3 aromatic rings. The van der Waals surface area contributed by atoms with Crippen LogP contribution in [0, 0.1) is 0 Å². The summed E-state index contributed by atoms with van der Waals surface area (Å²) in [4.78, 5) is 28.8. The summed E-state index contributed by atoms with van der Waals surface area (Å²) in [6, 6.07) is 12.8. The number of benzene rings is 3. The Morgan fingerprint density at radius 3 is 2.34 bits per heavy atom. The molecular formula is C21H14Cl2F3NO5. The van der Waals surface area contributed by atoms with Gasteiger partial charge < -0.3 is 9.84 Å². The van der Waals surface area contributed by atoms with Crippen LogP contribution < -0.4 is 9.80 Å². The molecule has 0 saturated carbocycles. The van der Waals surface area contributed by atoms with E-state index < -0.39 is 31.3 Å². The van der Waals surface area contributed by atoms with Crippen LogP contribution in [-0.4, -0.2) is 36.4 Å². The zero-order valence-electron chi connectivity index (χ0n) is 16.0. The van der Waals surface area contributed by atoms with E-state index in [0.29, 0.717) is 10.4 Å². The van der Waals surface area contributed by atoms with E-state index in [0.717, 1.165) is 6.07 Å². The standard InChI is InChI=1S/C21H14Cl2F3NO5/c22-14-7-12-6-13(20(29)30)8-17(19(12)16(23)9-14)31-10-18(28)27(32-11-21(24,25)26)15-4-2-1-3-5-15/h1-9H,10-11H2,(H,29,30). The second kappa shape index (κ2) is 9.64. The molecule has 11 heteroatoms. The minimum Gasteiger partial charge on any atom is -0.483 e. The van der Waals surface area contributed by atoms with Gasteiger partial charge in [-0.2, -0.15) is 18.2 Å². The van der Waals surface area contributed by atoms with Gasteiger partial charge in [-0.25, -0.2) is 4.79 Å². The van der Waals surface area contributed by atoms with Crippen molar-refractivity contribution in [3.8, 4) is 5.75 Å². The number of aromatic carboxylic acids is 1. The summed E-state index contributed by atoms with van der Waals surface area (Å²) in [7, 11) is 0. The van der Waals surface area contributed by atoms with E-state index >= 15 is 0 Å². The van der Waals surface area contributed by atoms with Crippen LogP contribution in [-0.2, 0) is 9.63 Å². The number of ether oxygens (including phenoxy) is 1. The van der Waals surface area contributed by atoms with Crippen molar-refractivity contribution in [2.75, 3.05) is 18.3 Å². The molecule has 0 atom stereocenters. The number of hydrogen-bond acceptors (Lipinski definition) is 4. The summed E-state index contributed by atoms with van der Waals surface area (Å²) in [5.41, 5.74) is -0.106. The van der Waals surface area contributed by atoms with Crippen molar-refractivity contribution in [3.05, 3.63) is 70.2 Å². The van der Waals surface area contributed by atoms with Crippen molar-refractivity contribution in [2.24, 2.45) is 0 Å². The maximum absolute atomic E-state index is 12.7. The fourth-order valence-electron chi connectivity index (χ4n) is 2.82. The summed E-state index contributed by atoms with van der Waals surface area (Å²) in [5.74, 6) is -2.28. The Balaban J connectivity index is 1.91. The molecule has 0 bridgehead atoms. The Morgan fingerprint density at radius 1 is 1.03 bits per heavy atom. The van der Waals surface area contributed by atoms with Gasteiger partial charge in [-0.3, -0.25) is 9.63 Å². The van der Waals surface area contributed by atoms with E-state index in [-0.39, 0.29) is 32.4 Å². The van der Waals surface area contributed by atoms with E-state index in [2.05, 4.69) is 4.84 Å². The maximum atomic E-state index is 12.7. The molecule has 0 aliphatic carbocycles. The fourth-order valence-corrected chi connectivity index (χ4v) is 3.42. The average molecular weight is 488 g/mol. The third kappa shape index (κ3) is 5.82. The SMILES string of the molecule is O=C(O)c1cc(OCC(=O)N(OCC(F)(F)F)c2ccccc2)c2c(Cl)cc(Cl)cc2c1. The number of carboxylic acid groups (broad SMARTS) is 1. The number of carbonyl (C=O) groups is 2. The summed E-state index contributed by atoms with van der Waals surface area (Å²) in [6.45, 7) is -2.46. The number of fused-ring (bicyclic) bond motifs is 1. The van der Waals surface area contributed by atoms with Crippen LogP contribution in [0.3, 0.4) is 0 Å². The summed E-state index contributed by atoms with van der Waals surface area (Å²) in [5, 5.41) is 10.8. The normalized spacial score (nSPS) is 11.4. The van der Waals surface area contributed by atoms with Crippen molar-refractivity contribution in [3.63, 3.8) is 0 Å². The van der Waals surface area contributed by atoms with E-state index in [9.17, 15) is 27.9 Å². The minimum atomic E-state index is -4.67. The second-order valence-corrected chi connectivity index (χ2v) is 7.31. The summed E-state index contributed by atoms with van der Waals surface area (Å²) in [6.07, 6.45) is -4.67. The number of amides is 1. The van der Waals surface area contributed by atoms with Crippen LogP contribution in [0.5, 0.6) is 5.75 Å².